The van der Waals surface area contributed by atoms with Gasteiger partial charge in [0.05, 0.1) is 6.61 Å². The van der Waals surface area contributed by atoms with E-state index in [-0.39, 0.29) is 0 Å². The summed E-state index contributed by atoms with van der Waals surface area (Å²) in [6.07, 6.45) is -0.0567. The second-order valence-electron chi connectivity index (χ2n) is 6.60. The number of aryl methyl sites for hydroxylation is 2. The SMILES string of the molecule is Cc1ccc(OC(=O)Oc2ccc(C)cc2CCOCC(C)C)cc1. The summed E-state index contributed by atoms with van der Waals surface area (Å²) in [4.78, 5) is 12.0. The highest BCUT2D eigenvalue weighted by Crippen LogP contribution is 2.22. The largest absolute Gasteiger partial charge is 0.519 e. The van der Waals surface area contributed by atoms with Gasteiger partial charge < -0.3 is 14.2 Å². The molecule has 25 heavy (non-hydrogen) atoms. The third-order valence-corrected chi connectivity index (χ3v) is 3.60. The third kappa shape index (κ3) is 6.59. The molecule has 4 heteroatoms. The van der Waals surface area contributed by atoms with Gasteiger partial charge in [0.15, 0.2) is 0 Å². The number of benzene rings is 2. The Bertz CT molecular complexity index is 690. The minimum Gasteiger partial charge on any atom is -0.395 e. The van der Waals surface area contributed by atoms with E-state index < -0.39 is 6.16 Å². The van der Waals surface area contributed by atoms with E-state index >= 15 is 0 Å². The molecule has 2 aromatic rings. The predicted octanol–water partition coefficient (Wildman–Crippen LogP) is 5.10. The van der Waals surface area contributed by atoms with Gasteiger partial charge in [0, 0.05) is 6.61 Å². The van der Waals surface area contributed by atoms with E-state index in [2.05, 4.69) is 13.8 Å². The van der Waals surface area contributed by atoms with Crippen molar-refractivity contribution in [1.29, 1.82) is 0 Å². The molecule has 0 radical (unpaired) electrons. The number of carbonyl (C=O) groups excluding carboxylic acids is 1. The summed E-state index contributed by atoms with van der Waals surface area (Å²) in [6.45, 7) is 9.52. The van der Waals surface area contributed by atoms with Crippen LogP contribution in [-0.2, 0) is 11.2 Å². The van der Waals surface area contributed by atoms with Crippen LogP contribution in [0.25, 0.3) is 0 Å². The van der Waals surface area contributed by atoms with Crippen molar-refractivity contribution in [3.8, 4) is 11.5 Å². The highest BCUT2D eigenvalue weighted by Gasteiger charge is 2.12. The Balaban J connectivity index is 1.97. The van der Waals surface area contributed by atoms with Gasteiger partial charge in [-0.25, -0.2) is 4.79 Å². The molecule has 0 aromatic heterocycles. The highest BCUT2D eigenvalue weighted by molar-refractivity contribution is 5.67. The fraction of sp³-hybridized carbons (Fsp3) is 0.381. The zero-order valence-electron chi connectivity index (χ0n) is 15.4. The molecule has 0 heterocycles. The van der Waals surface area contributed by atoms with Crippen molar-refractivity contribution >= 4 is 6.16 Å². The van der Waals surface area contributed by atoms with Crippen LogP contribution >= 0.6 is 0 Å². The molecule has 2 rings (SSSR count). The lowest BCUT2D eigenvalue weighted by molar-refractivity contribution is 0.112. The molecule has 0 N–H and O–H groups in total. The summed E-state index contributed by atoms with van der Waals surface area (Å²) >= 11 is 0. The first-order valence-corrected chi connectivity index (χ1v) is 8.57. The molecule has 134 valence electrons. The van der Waals surface area contributed by atoms with E-state index in [4.69, 9.17) is 14.2 Å². The standard InChI is InChI=1S/C21H26O4/c1-15(2)14-23-12-11-18-13-17(4)7-10-20(18)25-21(22)24-19-8-5-16(3)6-9-19/h5-10,13,15H,11-12,14H2,1-4H3. The first-order valence-electron chi connectivity index (χ1n) is 8.57. The van der Waals surface area contributed by atoms with Crippen LogP contribution in [0.3, 0.4) is 0 Å². The second-order valence-corrected chi connectivity index (χ2v) is 6.60. The van der Waals surface area contributed by atoms with E-state index in [0.29, 0.717) is 30.4 Å². The first kappa shape index (κ1) is 19.0. The molecular formula is C21H26O4. The van der Waals surface area contributed by atoms with Gasteiger partial charge in [-0.15, -0.1) is 0 Å². The minimum absolute atomic E-state index is 0.463. The Kier molecular flexibility index (Phi) is 7.02. The van der Waals surface area contributed by atoms with Gasteiger partial charge in [-0.3, -0.25) is 0 Å². The Morgan fingerprint density at radius 1 is 0.960 bits per heavy atom. The lowest BCUT2D eigenvalue weighted by Crippen LogP contribution is -2.15. The predicted molar refractivity (Wildman–Crippen MR) is 98.4 cm³/mol. The lowest BCUT2D eigenvalue weighted by Gasteiger charge is -2.12. The average Bonchev–Trinajstić information content (AvgIpc) is 2.56. The van der Waals surface area contributed by atoms with E-state index in [1.165, 1.54) is 0 Å². The van der Waals surface area contributed by atoms with Crippen molar-refractivity contribution in [2.45, 2.75) is 34.1 Å². The molecular weight excluding hydrogens is 316 g/mol. The Morgan fingerprint density at radius 2 is 1.64 bits per heavy atom. The van der Waals surface area contributed by atoms with E-state index in [0.717, 1.165) is 23.3 Å². The monoisotopic (exact) mass is 342 g/mol. The molecule has 0 amide bonds. The maximum absolute atomic E-state index is 12.0. The molecule has 4 nitrogen and oxygen atoms in total. The number of rotatable bonds is 7. The van der Waals surface area contributed by atoms with Crippen LogP contribution in [-0.4, -0.2) is 19.4 Å². The number of hydrogen-bond donors (Lipinski definition) is 0. The fourth-order valence-corrected chi connectivity index (χ4v) is 2.32. The van der Waals surface area contributed by atoms with Gasteiger partial charge in [-0.2, -0.15) is 0 Å². The molecule has 0 aliphatic heterocycles. The van der Waals surface area contributed by atoms with Gasteiger partial charge in [-0.1, -0.05) is 49.2 Å². The van der Waals surface area contributed by atoms with Crippen LogP contribution in [0, 0.1) is 19.8 Å². The topological polar surface area (TPSA) is 44.8 Å². The minimum atomic E-state index is -0.739. The van der Waals surface area contributed by atoms with E-state index in [1.807, 2.05) is 38.1 Å². The van der Waals surface area contributed by atoms with Crippen molar-refractivity contribution in [3.63, 3.8) is 0 Å². The highest BCUT2D eigenvalue weighted by atomic mass is 16.7. The van der Waals surface area contributed by atoms with Crippen molar-refractivity contribution in [3.05, 3.63) is 59.2 Å². The van der Waals surface area contributed by atoms with Gasteiger partial charge >= 0.3 is 6.16 Å². The smallest absolute Gasteiger partial charge is 0.395 e. The molecule has 0 bridgehead atoms. The molecule has 0 fully saturated rings. The normalized spacial score (nSPS) is 10.8. The van der Waals surface area contributed by atoms with Crippen LogP contribution in [0.2, 0.25) is 0 Å². The third-order valence-electron chi connectivity index (χ3n) is 3.60. The van der Waals surface area contributed by atoms with Crippen molar-refractivity contribution in [2.24, 2.45) is 5.92 Å². The zero-order chi connectivity index (χ0) is 18.2. The summed E-state index contributed by atoms with van der Waals surface area (Å²) in [5.41, 5.74) is 3.14. The zero-order valence-corrected chi connectivity index (χ0v) is 15.4. The molecule has 0 atom stereocenters. The molecule has 2 aromatic carbocycles. The Hall–Kier alpha value is -2.33. The number of carbonyl (C=O) groups is 1. The van der Waals surface area contributed by atoms with Crippen molar-refractivity contribution in [1.82, 2.24) is 0 Å². The van der Waals surface area contributed by atoms with Gasteiger partial charge in [0.25, 0.3) is 0 Å². The van der Waals surface area contributed by atoms with Gasteiger partial charge in [0.1, 0.15) is 11.5 Å². The maximum Gasteiger partial charge on any atom is 0.519 e. The summed E-state index contributed by atoms with van der Waals surface area (Å²) in [5.74, 6) is 1.47. The summed E-state index contributed by atoms with van der Waals surface area (Å²) < 4.78 is 16.3. The Morgan fingerprint density at radius 3 is 2.32 bits per heavy atom. The molecule has 0 aliphatic rings. The van der Waals surface area contributed by atoms with E-state index in [9.17, 15) is 4.79 Å². The quantitative estimate of drug-likeness (QED) is 0.399. The lowest BCUT2D eigenvalue weighted by atomic mass is 10.1. The second kappa shape index (κ2) is 9.23. The van der Waals surface area contributed by atoms with Crippen LogP contribution in [0.1, 0.15) is 30.5 Å². The van der Waals surface area contributed by atoms with Crippen LogP contribution < -0.4 is 9.47 Å². The van der Waals surface area contributed by atoms with Crippen molar-refractivity contribution in [2.75, 3.05) is 13.2 Å². The van der Waals surface area contributed by atoms with Crippen LogP contribution in [0.15, 0.2) is 42.5 Å². The van der Waals surface area contributed by atoms with Crippen LogP contribution in [0.5, 0.6) is 11.5 Å². The molecule has 0 unspecified atom stereocenters. The van der Waals surface area contributed by atoms with Crippen LogP contribution in [0.4, 0.5) is 4.79 Å². The average molecular weight is 342 g/mol. The summed E-state index contributed by atoms with van der Waals surface area (Å²) in [5, 5.41) is 0. The van der Waals surface area contributed by atoms with Crippen molar-refractivity contribution < 1.29 is 19.0 Å². The molecule has 0 spiro atoms. The van der Waals surface area contributed by atoms with Gasteiger partial charge in [0.2, 0.25) is 0 Å². The maximum atomic E-state index is 12.0. The van der Waals surface area contributed by atoms with Gasteiger partial charge in [-0.05, 0) is 49.9 Å². The Labute approximate surface area is 149 Å². The summed E-state index contributed by atoms with van der Waals surface area (Å²) in [6, 6.07) is 13.0. The van der Waals surface area contributed by atoms with E-state index in [1.54, 1.807) is 18.2 Å². The number of hydrogen-bond acceptors (Lipinski definition) is 4. The molecule has 0 saturated heterocycles. The first-order chi connectivity index (χ1) is 11.9. The molecule has 0 saturated carbocycles. The number of ether oxygens (including phenoxy) is 3. The molecule has 0 aliphatic carbocycles. The fourth-order valence-electron chi connectivity index (χ4n) is 2.32. The summed E-state index contributed by atoms with van der Waals surface area (Å²) in [7, 11) is 0.